The standard InChI is InChI=1S/C26H27N3O3S2/c1-15-6-8-18(9-7-15)26-28-17(3)24(34-26)16(2)27-23(30)13-20-14-33-25(29-20)19-10-11-21(31-4)22(12-19)32-5/h6-12,14,16H,13H2,1-5H3,(H,27,30). The maximum atomic E-state index is 12.8. The second kappa shape index (κ2) is 10.4. The first kappa shape index (κ1) is 23.9. The van der Waals surface area contributed by atoms with Crippen LogP contribution < -0.4 is 14.8 Å². The summed E-state index contributed by atoms with van der Waals surface area (Å²) in [5.41, 5.74) is 4.91. The van der Waals surface area contributed by atoms with Crippen molar-refractivity contribution in [2.75, 3.05) is 14.2 Å². The van der Waals surface area contributed by atoms with E-state index in [4.69, 9.17) is 14.5 Å². The van der Waals surface area contributed by atoms with E-state index in [1.165, 1.54) is 16.9 Å². The van der Waals surface area contributed by atoms with Crippen LogP contribution in [0.3, 0.4) is 0 Å². The Balaban J connectivity index is 1.42. The van der Waals surface area contributed by atoms with Crippen molar-refractivity contribution in [2.45, 2.75) is 33.2 Å². The molecule has 0 saturated carbocycles. The molecule has 4 rings (SSSR count). The molecule has 0 fully saturated rings. The second-order valence-corrected chi connectivity index (χ2v) is 9.90. The van der Waals surface area contributed by atoms with Crippen LogP contribution in [-0.2, 0) is 11.2 Å². The van der Waals surface area contributed by atoms with Crippen LogP contribution in [0, 0.1) is 13.8 Å². The van der Waals surface area contributed by atoms with Gasteiger partial charge in [-0.2, -0.15) is 0 Å². The minimum atomic E-state index is -0.131. The van der Waals surface area contributed by atoms with Gasteiger partial charge in [0.1, 0.15) is 10.0 Å². The van der Waals surface area contributed by atoms with Crippen LogP contribution in [0.2, 0.25) is 0 Å². The van der Waals surface area contributed by atoms with Gasteiger partial charge in [-0.05, 0) is 39.0 Å². The second-order valence-electron chi connectivity index (χ2n) is 8.01. The number of rotatable bonds is 8. The number of ether oxygens (including phenoxy) is 2. The summed E-state index contributed by atoms with van der Waals surface area (Å²) in [6.45, 7) is 6.05. The number of nitrogens with zero attached hydrogens (tertiary/aromatic N) is 2. The molecule has 1 N–H and O–H groups in total. The summed E-state index contributed by atoms with van der Waals surface area (Å²) >= 11 is 3.12. The summed E-state index contributed by atoms with van der Waals surface area (Å²) in [6.07, 6.45) is 0.219. The van der Waals surface area contributed by atoms with Crippen LogP contribution >= 0.6 is 22.7 Å². The molecule has 176 valence electrons. The number of carbonyl (C=O) groups is 1. The summed E-state index contributed by atoms with van der Waals surface area (Å²) in [4.78, 5) is 23.2. The lowest BCUT2D eigenvalue weighted by molar-refractivity contribution is -0.121. The first-order valence-electron chi connectivity index (χ1n) is 10.9. The molecule has 0 bridgehead atoms. The van der Waals surface area contributed by atoms with Gasteiger partial charge < -0.3 is 14.8 Å². The van der Waals surface area contributed by atoms with Crippen LogP contribution in [0.5, 0.6) is 11.5 Å². The van der Waals surface area contributed by atoms with E-state index in [2.05, 4.69) is 41.5 Å². The number of amides is 1. The number of nitrogens with one attached hydrogen (secondary N) is 1. The van der Waals surface area contributed by atoms with Gasteiger partial charge in [-0.1, -0.05) is 29.8 Å². The third-order valence-electron chi connectivity index (χ3n) is 5.43. The number of methoxy groups -OCH3 is 2. The van der Waals surface area contributed by atoms with Crippen molar-refractivity contribution in [1.82, 2.24) is 15.3 Å². The molecule has 1 unspecified atom stereocenters. The zero-order chi connectivity index (χ0) is 24.2. The zero-order valence-electron chi connectivity index (χ0n) is 19.8. The molecule has 1 atom stereocenters. The van der Waals surface area contributed by atoms with Crippen molar-refractivity contribution in [1.29, 1.82) is 0 Å². The normalized spacial score (nSPS) is 11.8. The first-order chi connectivity index (χ1) is 16.4. The fourth-order valence-corrected chi connectivity index (χ4v) is 5.53. The number of aryl methyl sites for hydroxylation is 2. The highest BCUT2D eigenvalue weighted by atomic mass is 32.1. The maximum absolute atomic E-state index is 12.8. The van der Waals surface area contributed by atoms with Crippen molar-refractivity contribution in [3.63, 3.8) is 0 Å². The Kier molecular flexibility index (Phi) is 7.29. The third-order valence-corrected chi connectivity index (χ3v) is 7.76. The van der Waals surface area contributed by atoms with Crippen molar-refractivity contribution < 1.29 is 14.3 Å². The minimum Gasteiger partial charge on any atom is -0.493 e. The molecule has 0 saturated heterocycles. The molecule has 0 aliphatic rings. The van der Waals surface area contributed by atoms with Gasteiger partial charge >= 0.3 is 0 Å². The fraction of sp³-hybridized carbons (Fsp3) is 0.269. The lowest BCUT2D eigenvalue weighted by Gasteiger charge is -2.12. The van der Waals surface area contributed by atoms with Crippen LogP contribution in [0.1, 0.15) is 34.8 Å². The average Bonchev–Trinajstić information content (AvgIpc) is 3.45. The molecule has 2 heterocycles. The molecule has 0 radical (unpaired) electrons. The molecule has 0 aliphatic carbocycles. The largest absolute Gasteiger partial charge is 0.493 e. The maximum Gasteiger partial charge on any atom is 0.226 e. The van der Waals surface area contributed by atoms with E-state index in [1.54, 1.807) is 25.6 Å². The van der Waals surface area contributed by atoms with E-state index in [0.29, 0.717) is 11.5 Å². The Morgan fingerprint density at radius 1 is 0.971 bits per heavy atom. The number of thiazole rings is 2. The van der Waals surface area contributed by atoms with Crippen LogP contribution in [-0.4, -0.2) is 30.1 Å². The van der Waals surface area contributed by atoms with Gasteiger partial charge in [-0.25, -0.2) is 9.97 Å². The SMILES string of the molecule is COc1ccc(-c2nc(CC(=O)NC(C)c3sc(-c4ccc(C)cc4)nc3C)cs2)cc1OC. The molecule has 0 aliphatic heterocycles. The van der Waals surface area contributed by atoms with Crippen LogP contribution in [0.25, 0.3) is 21.1 Å². The lowest BCUT2D eigenvalue weighted by atomic mass is 10.2. The third kappa shape index (κ3) is 5.29. The van der Waals surface area contributed by atoms with Crippen LogP contribution in [0.15, 0.2) is 47.8 Å². The molecule has 2 aromatic carbocycles. The molecule has 6 nitrogen and oxygen atoms in total. The van der Waals surface area contributed by atoms with Crippen LogP contribution in [0.4, 0.5) is 0 Å². The van der Waals surface area contributed by atoms with Gasteiger partial charge in [-0.15, -0.1) is 22.7 Å². The summed E-state index contributed by atoms with van der Waals surface area (Å²) in [6, 6.07) is 13.9. The highest BCUT2D eigenvalue weighted by Crippen LogP contribution is 2.34. The predicted octanol–water partition coefficient (Wildman–Crippen LogP) is 5.99. The minimum absolute atomic E-state index is 0.0682. The highest BCUT2D eigenvalue weighted by molar-refractivity contribution is 7.15. The molecule has 0 spiro atoms. The van der Waals surface area contributed by atoms with Gasteiger partial charge in [0, 0.05) is 16.5 Å². The Hall–Kier alpha value is -3.23. The molecular weight excluding hydrogens is 466 g/mol. The molecular formula is C26H27N3O3S2. The van der Waals surface area contributed by atoms with Gasteiger partial charge in [0.25, 0.3) is 0 Å². The predicted molar refractivity (Wildman–Crippen MR) is 138 cm³/mol. The number of benzene rings is 2. The van der Waals surface area contributed by atoms with Gasteiger partial charge in [0.2, 0.25) is 5.91 Å². The van der Waals surface area contributed by atoms with E-state index in [0.717, 1.165) is 37.4 Å². The molecule has 4 aromatic rings. The molecule has 34 heavy (non-hydrogen) atoms. The summed E-state index contributed by atoms with van der Waals surface area (Å²) < 4.78 is 10.7. The van der Waals surface area contributed by atoms with E-state index in [9.17, 15) is 4.79 Å². The van der Waals surface area contributed by atoms with Gasteiger partial charge in [-0.3, -0.25) is 4.79 Å². The number of carbonyl (C=O) groups excluding carboxylic acids is 1. The van der Waals surface area contributed by atoms with E-state index < -0.39 is 0 Å². The summed E-state index contributed by atoms with van der Waals surface area (Å²) in [5.74, 6) is 1.25. The summed E-state index contributed by atoms with van der Waals surface area (Å²) in [7, 11) is 3.21. The van der Waals surface area contributed by atoms with Gasteiger partial charge in [0.05, 0.1) is 42.9 Å². The van der Waals surface area contributed by atoms with Gasteiger partial charge in [0.15, 0.2) is 11.5 Å². The van der Waals surface area contributed by atoms with Crippen molar-refractivity contribution in [3.8, 4) is 32.6 Å². The summed E-state index contributed by atoms with van der Waals surface area (Å²) in [5, 5.41) is 6.82. The number of aromatic nitrogens is 2. The van der Waals surface area contributed by atoms with Crippen molar-refractivity contribution in [3.05, 3.63) is 69.7 Å². The molecule has 2 aromatic heterocycles. The Morgan fingerprint density at radius 2 is 1.68 bits per heavy atom. The van der Waals surface area contributed by atoms with E-state index in [-0.39, 0.29) is 18.4 Å². The Morgan fingerprint density at radius 3 is 2.38 bits per heavy atom. The molecule has 8 heteroatoms. The number of hydrogen-bond acceptors (Lipinski definition) is 7. The fourth-order valence-electron chi connectivity index (χ4n) is 3.64. The first-order valence-corrected chi connectivity index (χ1v) is 12.6. The van der Waals surface area contributed by atoms with E-state index in [1.807, 2.05) is 37.4 Å². The van der Waals surface area contributed by atoms with Crippen molar-refractivity contribution in [2.24, 2.45) is 0 Å². The Bertz CT molecular complexity index is 1300. The Labute approximate surface area is 207 Å². The molecule has 1 amide bonds. The zero-order valence-corrected chi connectivity index (χ0v) is 21.5. The topological polar surface area (TPSA) is 73.3 Å². The average molecular weight is 494 g/mol. The number of hydrogen-bond donors (Lipinski definition) is 1. The smallest absolute Gasteiger partial charge is 0.226 e. The highest BCUT2D eigenvalue weighted by Gasteiger charge is 2.18. The van der Waals surface area contributed by atoms with E-state index >= 15 is 0 Å². The lowest BCUT2D eigenvalue weighted by Crippen LogP contribution is -2.28. The monoisotopic (exact) mass is 493 g/mol. The van der Waals surface area contributed by atoms with Crippen molar-refractivity contribution >= 4 is 28.6 Å². The quantitative estimate of drug-likeness (QED) is 0.326.